The Morgan fingerprint density at radius 1 is 0.431 bits per heavy atom. The Bertz CT molecular complexity index is 1500. The first-order valence-corrected chi connectivity index (χ1v) is 30.7. The first-order chi connectivity index (χ1) is 35.3. The summed E-state index contributed by atoms with van der Waals surface area (Å²) in [5, 5.41) is 0. The van der Waals surface area contributed by atoms with Crippen molar-refractivity contribution in [2.24, 2.45) is 5.73 Å². The predicted octanol–water partition coefficient (Wildman–Crippen LogP) is 18.5. The molecule has 0 aromatic carbocycles. The van der Waals surface area contributed by atoms with Gasteiger partial charge in [0.1, 0.15) is 6.61 Å². The molecule has 0 aliphatic rings. The van der Waals surface area contributed by atoms with Crippen molar-refractivity contribution in [2.45, 2.75) is 258 Å². The van der Waals surface area contributed by atoms with Crippen molar-refractivity contribution in [3.05, 3.63) is 97.2 Å². The van der Waals surface area contributed by atoms with Gasteiger partial charge in [0.15, 0.2) is 6.10 Å². The van der Waals surface area contributed by atoms with E-state index in [0.717, 1.165) is 96.3 Å². The molecule has 72 heavy (non-hydrogen) atoms. The van der Waals surface area contributed by atoms with Crippen LogP contribution in [-0.4, -0.2) is 49.3 Å². The second-order valence-corrected chi connectivity index (χ2v) is 20.6. The van der Waals surface area contributed by atoms with Crippen LogP contribution in [0.2, 0.25) is 0 Å². The lowest BCUT2D eigenvalue weighted by Gasteiger charge is -2.19. The highest BCUT2D eigenvalue weighted by Gasteiger charge is 2.26. The van der Waals surface area contributed by atoms with E-state index in [1.807, 2.05) is 0 Å². The Labute approximate surface area is 442 Å². The molecule has 0 fully saturated rings. The zero-order valence-electron chi connectivity index (χ0n) is 46.1. The van der Waals surface area contributed by atoms with Gasteiger partial charge in [0, 0.05) is 19.4 Å². The molecule has 0 heterocycles. The third kappa shape index (κ3) is 56.2. The molecule has 0 aliphatic carbocycles. The van der Waals surface area contributed by atoms with Crippen LogP contribution in [0.4, 0.5) is 0 Å². The molecule has 0 radical (unpaired) electrons. The quantitative estimate of drug-likeness (QED) is 0.0264. The summed E-state index contributed by atoms with van der Waals surface area (Å²) in [5.74, 6) is -0.834. The van der Waals surface area contributed by atoms with Crippen molar-refractivity contribution in [2.75, 3.05) is 26.4 Å². The van der Waals surface area contributed by atoms with Crippen LogP contribution in [0.25, 0.3) is 0 Å². The lowest BCUT2D eigenvalue weighted by atomic mass is 10.0. The van der Waals surface area contributed by atoms with E-state index in [1.54, 1.807) is 0 Å². The maximum absolute atomic E-state index is 12.7. The molecule has 3 N–H and O–H groups in total. The molecule has 0 rings (SSSR count). The molecule has 0 aromatic heterocycles. The summed E-state index contributed by atoms with van der Waals surface area (Å²) in [6.45, 7) is 3.64. The van der Waals surface area contributed by atoms with E-state index >= 15 is 0 Å². The van der Waals surface area contributed by atoms with Gasteiger partial charge in [0.05, 0.1) is 13.2 Å². The monoisotopic (exact) mass is 1030 g/mol. The predicted molar refractivity (Wildman–Crippen MR) is 307 cm³/mol. The standard InChI is InChI=1S/C62H108NO8P/c1-3-5-7-9-11-13-15-17-19-21-23-24-25-26-27-28-29-30-31-32-33-34-35-36-37-39-41-43-45-47-49-51-53-55-62(65)71-60(59-70-72(66,67)69-57-56-63)58-68-61(64)54-52-50-48-46-44-42-40-38-22-20-18-16-14-12-10-8-6-4-2/h5,7,11,13,17,19,23-24,26-27,29-30,32-33,35-36,60H,3-4,6,8-10,12,14-16,18,20-22,25,28,31,34,37-59,63H2,1-2H3,(H,66,67)/b7-5-,13-11-,19-17-,24-23-,27-26-,30-29-,33-32-,36-35-. The summed E-state index contributed by atoms with van der Waals surface area (Å²) in [5.41, 5.74) is 5.38. The van der Waals surface area contributed by atoms with Gasteiger partial charge >= 0.3 is 19.8 Å². The van der Waals surface area contributed by atoms with E-state index in [0.29, 0.717) is 6.42 Å². The molecule has 0 spiro atoms. The molecular formula is C62H108NO8P. The fourth-order valence-corrected chi connectivity index (χ4v) is 8.71. The van der Waals surface area contributed by atoms with Crippen LogP contribution in [0.15, 0.2) is 97.2 Å². The lowest BCUT2D eigenvalue weighted by Crippen LogP contribution is -2.29. The number of hydrogen-bond donors (Lipinski definition) is 2. The number of phosphoric ester groups is 1. The van der Waals surface area contributed by atoms with E-state index < -0.39 is 26.5 Å². The minimum atomic E-state index is -4.39. The summed E-state index contributed by atoms with van der Waals surface area (Å²) in [7, 11) is -4.39. The lowest BCUT2D eigenvalue weighted by molar-refractivity contribution is -0.161. The normalized spacial score (nSPS) is 13.8. The van der Waals surface area contributed by atoms with Gasteiger partial charge in [-0.05, 0) is 77.0 Å². The highest BCUT2D eigenvalue weighted by atomic mass is 31.2. The number of nitrogens with two attached hydrogens (primary N) is 1. The Morgan fingerprint density at radius 3 is 1.14 bits per heavy atom. The minimum absolute atomic E-state index is 0.0489. The minimum Gasteiger partial charge on any atom is -0.462 e. The van der Waals surface area contributed by atoms with Crippen LogP contribution in [0.5, 0.6) is 0 Å². The van der Waals surface area contributed by atoms with Crippen molar-refractivity contribution in [3.63, 3.8) is 0 Å². The molecule has 0 saturated carbocycles. The molecule has 0 aliphatic heterocycles. The highest BCUT2D eigenvalue weighted by molar-refractivity contribution is 7.47. The maximum Gasteiger partial charge on any atom is 0.472 e. The topological polar surface area (TPSA) is 134 Å². The number of unbranched alkanes of at least 4 members (excludes halogenated alkanes) is 25. The third-order valence-electron chi connectivity index (χ3n) is 12.2. The molecule has 0 bridgehead atoms. The number of carbonyl (C=O) groups excluding carboxylic acids is 2. The van der Waals surface area contributed by atoms with Crippen LogP contribution in [-0.2, 0) is 32.7 Å². The smallest absolute Gasteiger partial charge is 0.462 e. The summed E-state index contributed by atoms with van der Waals surface area (Å²) in [6, 6.07) is 0. The van der Waals surface area contributed by atoms with Gasteiger partial charge in [-0.2, -0.15) is 0 Å². The molecule has 9 nitrogen and oxygen atoms in total. The number of hydrogen-bond acceptors (Lipinski definition) is 8. The van der Waals surface area contributed by atoms with Crippen LogP contribution >= 0.6 is 7.82 Å². The summed E-state index contributed by atoms with van der Waals surface area (Å²) >= 11 is 0. The zero-order valence-corrected chi connectivity index (χ0v) is 47.0. The second kappa shape index (κ2) is 57.2. The Hall–Kier alpha value is -3.07. The number of allylic oxidation sites excluding steroid dienone is 16. The molecular weight excluding hydrogens is 918 g/mol. The van der Waals surface area contributed by atoms with Crippen LogP contribution in [0.1, 0.15) is 251 Å². The first-order valence-electron chi connectivity index (χ1n) is 29.2. The summed E-state index contributed by atoms with van der Waals surface area (Å²) in [4.78, 5) is 35.2. The molecule has 0 aromatic rings. The van der Waals surface area contributed by atoms with E-state index in [-0.39, 0.29) is 38.6 Å². The van der Waals surface area contributed by atoms with E-state index in [9.17, 15) is 19.0 Å². The molecule has 2 unspecified atom stereocenters. The summed E-state index contributed by atoms with van der Waals surface area (Å²) < 4.78 is 33.0. The van der Waals surface area contributed by atoms with Crippen molar-refractivity contribution in [1.29, 1.82) is 0 Å². The molecule has 10 heteroatoms. The van der Waals surface area contributed by atoms with Gasteiger partial charge in [-0.25, -0.2) is 4.57 Å². The Morgan fingerprint density at radius 2 is 0.764 bits per heavy atom. The number of carbonyl (C=O) groups is 2. The summed E-state index contributed by atoms with van der Waals surface area (Å²) in [6.07, 6.45) is 76.0. The molecule has 0 saturated heterocycles. The van der Waals surface area contributed by atoms with Gasteiger partial charge in [-0.15, -0.1) is 0 Å². The van der Waals surface area contributed by atoms with E-state index in [2.05, 4.69) is 111 Å². The zero-order chi connectivity index (χ0) is 52.4. The number of ether oxygens (including phenoxy) is 2. The van der Waals surface area contributed by atoms with Gasteiger partial charge in [-0.3, -0.25) is 18.6 Å². The van der Waals surface area contributed by atoms with Crippen molar-refractivity contribution >= 4 is 19.8 Å². The average molecular weight is 1030 g/mol. The molecule has 414 valence electrons. The SMILES string of the molecule is CC/C=C\C/C=C\C/C=C\C/C=C\C/C=C\C/C=C\C/C=C\C/C=C\CCCCCCCCCCC(=O)OC(COC(=O)CCCCCCCCCCCCCCCCCCCC)COP(=O)(O)OCCN. The number of esters is 2. The Kier molecular flexibility index (Phi) is 54.8. The first kappa shape index (κ1) is 68.9. The van der Waals surface area contributed by atoms with Crippen LogP contribution < -0.4 is 5.73 Å². The second-order valence-electron chi connectivity index (χ2n) is 19.1. The van der Waals surface area contributed by atoms with E-state index in [4.69, 9.17) is 24.3 Å². The van der Waals surface area contributed by atoms with Crippen LogP contribution in [0.3, 0.4) is 0 Å². The van der Waals surface area contributed by atoms with Gasteiger partial charge < -0.3 is 20.1 Å². The molecule has 0 amide bonds. The fourth-order valence-electron chi connectivity index (χ4n) is 7.95. The third-order valence-corrected chi connectivity index (χ3v) is 13.2. The van der Waals surface area contributed by atoms with E-state index in [1.165, 1.54) is 122 Å². The van der Waals surface area contributed by atoms with Gasteiger partial charge in [-0.1, -0.05) is 259 Å². The van der Waals surface area contributed by atoms with Crippen LogP contribution in [0, 0.1) is 0 Å². The Balaban J connectivity index is 4.01. The fraction of sp³-hybridized carbons (Fsp3) is 0.710. The van der Waals surface area contributed by atoms with Gasteiger partial charge in [0.2, 0.25) is 0 Å². The maximum atomic E-state index is 12.7. The number of phosphoric acid groups is 1. The van der Waals surface area contributed by atoms with Crippen molar-refractivity contribution in [3.8, 4) is 0 Å². The van der Waals surface area contributed by atoms with Crippen molar-refractivity contribution in [1.82, 2.24) is 0 Å². The average Bonchev–Trinajstić information content (AvgIpc) is 3.37. The molecule has 2 atom stereocenters. The van der Waals surface area contributed by atoms with Crippen molar-refractivity contribution < 1.29 is 37.6 Å². The number of rotatable bonds is 54. The highest BCUT2D eigenvalue weighted by Crippen LogP contribution is 2.43. The van der Waals surface area contributed by atoms with Gasteiger partial charge in [0.25, 0.3) is 0 Å². The largest absolute Gasteiger partial charge is 0.472 e.